The van der Waals surface area contributed by atoms with Crippen molar-refractivity contribution in [3.05, 3.63) is 42.0 Å². The molecule has 0 saturated heterocycles. The molecule has 0 radical (unpaired) electrons. The van der Waals surface area contributed by atoms with E-state index in [9.17, 15) is 4.79 Å². The monoisotopic (exact) mass is 215 g/mol. The average molecular weight is 215 g/mol. The van der Waals surface area contributed by atoms with E-state index in [4.69, 9.17) is 4.74 Å². The normalized spacial score (nSPS) is 10.1. The zero-order valence-electron chi connectivity index (χ0n) is 9.28. The minimum atomic E-state index is -0.0734. The standard InChI is InChI=1S/C13H13NO2/c1-14-13(15)12-5-3-4-9-8-10(16-2)6-7-11(9)12/h3-8H,1-2H3,(H,14,15). The molecular formula is C13H13NO2. The third-order valence-corrected chi connectivity index (χ3v) is 2.56. The maximum absolute atomic E-state index is 11.6. The highest BCUT2D eigenvalue weighted by atomic mass is 16.5. The van der Waals surface area contributed by atoms with Gasteiger partial charge in [0.1, 0.15) is 5.75 Å². The molecule has 3 nitrogen and oxygen atoms in total. The van der Waals surface area contributed by atoms with Crippen LogP contribution < -0.4 is 10.1 Å². The summed E-state index contributed by atoms with van der Waals surface area (Å²) in [6.07, 6.45) is 0. The Labute approximate surface area is 94.0 Å². The quantitative estimate of drug-likeness (QED) is 0.834. The fraction of sp³-hybridized carbons (Fsp3) is 0.154. The Balaban J connectivity index is 2.65. The van der Waals surface area contributed by atoms with Crippen molar-refractivity contribution in [2.75, 3.05) is 14.2 Å². The number of fused-ring (bicyclic) bond motifs is 1. The van der Waals surface area contributed by atoms with Gasteiger partial charge in [-0.1, -0.05) is 12.1 Å². The van der Waals surface area contributed by atoms with Gasteiger partial charge in [0.25, 0.3) is 5.91 Å². The van der Waals surface area contributed by atoms with Gasteiger partial charge in [0.15, 0.2) is 0 Å². The van der Waals surface area contributed by atoms with Crippen molar-refractivity contribution >= 4 is 16.7 Å². The highest BCUT2D eigenvalue weighted by Crippen LogP contribution is 2.23. The molecule has 0 atom stereocenters. The predicted molar refractivity (Wildman–Crippen MR) is 63.9 cm³/mol. The number of ether oxygens (including phenoxy) is 1. The SMILES string of the molecule is CNC(=O)c1cccc2cc(OC)ccc12. The molecule has 0 heterocycles. The van der Waals surface area contributed by atoms with Crippen LogP contribution in [0.5, 0.6) is 5.75 Å². The summed E-state index contributed by atoms with van der Waals surface area (Å²) in [4.78, 5) is 11.6. The van der Waals surface area contributed by atoms with Crippen LogP contribution in [0, 0.1) is 0 Å². The van der Waals surface area contributed by atoms with Crippen molar-refractivity contribution < 1.29 is 9.53 Å². The molecule has 16 heavy (non-hydrogen) atoms. The molecule has 2 aromatic carbocycles. The molecule has 2 aromatic rings. The zero-order valence-corrected chi connectivity index (χ0v) is 9.28. The van der Waals surface area contributed by atoms with Crippen LogP contribution in [0.4, 0.5) is 0 Å². The van der Waals surface area contributed by atoms with E-state index in [2.05, 4.69) is 5.32 Å². The molecule has 0 saturated carbocycles. The third kappa shape index (κ3) is 1.72. The van der Waals surface area contributed by atoms with E-state index < -0.39 is 0 Å². The number of carbonyl (C=O) groups is 1. The number of nitrogens with one attached hydrogen (secondary N) is 1. The van der Waals surface area contributed by atoms with Crippen LogP contribution in [-0.2, 0) is 0 Å². The highest BCUT2D eigenvalue weighted by Gasteiger charge is 2.07. The van der Waals surface area contributed by atoms with Crippen LogP contribution in [0.15, 0.2) is 36.4 Å². The molecule has 0 aromatic heterocycles. The lowest BCUT2D eigenvalue weighted by molar-refractivity contribution is 0.0964. The molecule has 82 valence electrons. The summed E-state index contributed by atoms with van der Waals surface area (Å²) in [6, 6.07) is 11.3. The zero-order chi connectivity index (χ0) is 11.5. The van der Waals surface area contributed by atoms with Crippen LogP contribution in [0.1, 0.15) is 10.4 Å². The van der Waals surface area contributed by atoms with Crippen LogP contribution >= 0.6 is 0 Å². The van der Waals surface area contributed by atoms with Gasteiger partial charge in [-0.2, -0.15) is 0 Å². The van der Waals surface area contributed by atoms with E-state index in [0.29, 0.717) is 5.56 Å². The van der Waals surface area contributed by atoms with Gasteiger partial charge < -0.3 is 10.1 Å². The largest absolute Gasteiger partial charge is 0.497 e. The minimum Gasteiger partial charge on any atom is -0.497 e. The number of benzene rings is 2. The molecule has 0 aliphatic carbocycles. The maximum Gasteiger partial charge on any atom is 0.251 e. The van der Waals surface area contributed by atoms with Gasteiger partial charge in [-0.15, -0.1) is 0 Å². The fourth-order valence-electron chi connectivity index (χ4n) is 1.72. The van der Waals surface area contributed by atoms with Crippen molar-refractivity contribution in [2.45, 2.75) is 0 Å². The van der Waals surface area contributed by atoms with Crippen molar-refractivity contribution in [1.29, 1.82) is 0 Å². The van der Waals surface area contributed by atoms with Gasteiger partial charge in [-0.05, 0) is 35.0 Å². The Morgan fingerprint density at radius 2 is 2.06 bits per heavy atom. The molecule has 0 bridgehead atoms. The fourth-order valence-corrected chi connectivity index (χ4v) is 1.72. The molecule has 0 aliphatic heterocycles. The molecule has 2 rings (SSSR count). The first kappa shape index (κ1) is 10.5. The van der Waals surface area contributed by atoms with Gasteiger partial charge in [0.2, 0.25) is 0 Å². The van der Waals surface area contributed by atoms with Crippen molar-refractivity contribution in [3.63, 3.8) is 0 Å². The van der Waals surface area contributed by atoms with Gasteiger partial charge >= 0.3 is 0 Å². The Kier molecular flexibility index (Phi) is 2.77. The summed E-state index contributed by atoms with van der Waals surface area (Å²) in [5.41, 5.74) is 0.683. The number of amides is 1. The molecule has 0 spiro atoms. The molecule has 0 fully saturated rings. The summed E-state index contributed by atoms with van der Waals surface area (Å²) in [5, 5.41) is 4.57. The van der Waals surface area contributed by atoms with E-state index >= 15 is 0 Å². The average Bonchev–Trinajstić information content (AvgIpc) is 2.36. The lowest BCUT2D eigenvalue weighted by Gasteiger charge is -2.06. The van der Waals surface area contributed by atoms with Crippen LogP contribution in [0.3, 0.4) is 0 Å². The van der Waals surface area contributed by atoms with Crippen LogP contribution in [0.25, 0.3) is 10.8 Å². The molecule has 1 amide bonds. The van der Waals surface area contributed by atoms with E-state index in [1.165, 1.54) is 0 Å². The first-order valence-electron chi connectivity index (χ1n) is 5.05. The summed E-state index contributed by atoms with van der Waals surface area (Å²) in [6.45, 7) is 0. The topological polar surface area (TPSA) is 38.3 Å². The van der Waals surface area contributed by atoms with E-state index in [1.54, 1.807) is 14.2 Å². The molecule has 3 heteroatoms. The summed E-state index contributed by atoms with van der Waals surface area (Å²) in [5.74, 6) is 0.720. The molecular weight excluding hydrogens is 202 g/mol. The third-order valence-electron chi connectivity index (χ3n) is 2.56. The second-order valence-corrected chi connectivity index (χ2v) is 3.47. The lowest BCUT2D eigenvalue weighted by atomic mass is 10.0. The Bertz CT molecular complexity index is 534. The molecule has 0 unspecified atom stereocenters. The molecule has 1 N–H and O–H groups in total. The van der Waals surface area contributed by atoms with Gasteiger partial charge in [-0.25, -0.2) is 0 Å². The summed E-state index contributed by atoms with van der Waals surface area (Å²) in [7, 11) is 3.26. The lowest BCUT2D eigenvalue weighted by Crippen LogP contribution is -2.17. The number of methoxy groups -OCH3 is 1. The van der Waals surface area contributed by atoms with Crippen molar-refractivity contribution in [3.8, 4) is 5.75 Å². The Morgan fingerprint density at radius 3 is 2.75 bits per heavy atom. The Morgan fingerprint density at radius 1 is 1.25 bits per heavy atom. The van der Waals surface area contributed by atoms with Crippen molar-refractivity contribution in [2.24, 2.45) is 0 Å². The van der Waals surface area contributed by atoms with E-state index in [0.717, 1.165) is 16.5 Å². The second kappa shape index (κ2) is 4.23. The summed E-state index contributed by atoms with van der Waals surface area (Å²) < 4.78 is 5.15. The maximum atomic E-state index is 11.6. The van der Waals surface area contributed by atoms with Crippen LogP contribution in [-0.4, -0.2) is 20.1 Å². The second-order valence-electron chi connectivity index (χ2n) is 3.47. The van der Waals surface area contributed by atoms with Gasteiger partial charge in [-0.3, -0.25) is 4.79 Å². The summed E-state index contributed by atoms with van der Waals surface area (Å²) >= 11 is 0. The first-order valence-corrected chi connectivity index (χ1v) is 5.05. The minimum absolute atomic E-state index is 0.0734. The molecule has 0 aliphatic rings. The number of hydrogen-bond donors (Lipinski definition) is 1. The number of rotatable bonds is 2. The smallest absolute Gasteiger partial charge is 0.251 e. The van der Waals surface area contributed by atoms with Gasteiger partial charge in [0.05, 0.1) is 7.11 Å². The highest BCUT2D eigenvalue weighted by molar-refractivity contribution is 6.07. The van der Waals surface area contributed by atoms with E-state index in [-0.39, 0.29) is 5.91 Å². The van der Waals surface area contributed by atoms with Gasteiger partial charge in [0, 0.05) is 12.6 Å². The first-order chi connectivity index (χ1) is 7.76. The number of carbonyl (C=O) groups excluding carboxylic acids is 1. The van der Waals surface area contributed by atoms with Crippen LogP contribution in [0.2, 0.25) is 0 Å². The Hall–Kier alpha value is -2.03. The van der Waals surface area contributed by atoms with Crippen molar-refractivity contribution in [1.82, 2.24) is 5.32 Å². The number of hydrogen-bond acceptors (Lipinski definition) is 2. The predicted octanol–water partition coefficient (Wildman–Crippen LogP) is 2.21. The van der Waals surface area contributed by atoms with E-state index in [1.807, 2.05) is 36.4 Å².